The van der Waals surface area contributed by atoms with Crippen LogP contribution in [0.2, 0.25) is 0 Å². The number of pyridine rings is 1. The van der Waals surface area contributed by atoms with Crippen molar-refractivity contribution in [2.24, 2.45) is 0 Å². The lowest BCUT2D eigenvalue weighted by atomic mass is 10.1. The molecule has 0 aliphatic rings. The van der Waals surface area contributed by atoms with E-state index in [9.17, 15) is 0 Å². The molecule has 0 spiro atoms. The summed E-state index contributed by atoms with van der Waals surface area (Å²) in [6, 6.07) is 8.35. The first kappa shape index (κ1) is 11.9. The van der Waals surface area contributed by atoms with E-state index in [4.69, 9.17) is 4.42 Å². The Morgan fingerprint density at radius 2 is 2.24 bits per heavy atom. The van der Waals surface area contributed by atoms with E-state index in [1.807, 2.05) is 24.4 Å². The van der Waals surface area contributed by atoms with Gasteiger partial charge in [-0.25, -0.2) is 0 Å². The first-order valence-electron chi connectivity index (χ1n) is 5.92. The van der Waals surface area contributed by atoms with Gasteiger partial charge in [-0.05, 0) is 37.6 Å². The summed E-state index contributed by atoms with van der Waals surface area (Å²) in [6.45, 7) is 5.04. The predicted octanol–water partition coefficient (Wildman–Crippen LogP) is 2.70. The van der Waals surface area contributed by atoms with Gasteiger partial charge in [0, 0.05) is 25.2 Å². The Morgan fingerprint density at radius 1 is 1.35 bits per heavy atom. The average Bonchev–Trinajstić information content (AvgIpc) is 2.81. The lowest BCUT2D eigenvalue weighted by molar-refractivity contribution is 0.454. The first-order chi connectivity index (χ1) is 8.25. The van der Waals surface area contributed by atoms with E-state index < -0.39 is 0 Å². The van der Waals surface area contributed by atoms with Crippen LogP contribution in [0.4, 0.5) is 0 Å². The van der Waals surface area contributed by atoms with Crippen LogP contribution in [0.1, 0.15) is 23.9 Å². The van der Waals surface area contributed by atoms with Crippen LogP contribution in [-0.4, -0.2) is 11.0 Å². The minimum Gasteiger partial charge on any atom is -0.469 e. The van der Waals surface area contributed by atoms with Crippen molar-refractivity contribution in [2.45, 2.75) is 32.9 Å². The minimum atomic E-state index is 0.377. The molecule has 2 aromatic heterocycles. The maximum atomic E-state index is 5.32. The molecule has 0 radical (unpaired) electrons. The van der Waals surface area contributed by atoms with Gasteiger partial charge in [0.25, 0.3) is 0 Å². The quantitative estimate of drug-likeness (QED) is 0.858. The Kier molecular flexibility index (Phi) is 3.94. The molecule has 1 atom stereocenters. The number of nitrogens with zero attached hydrogens (tertiary/aromatic N) is 1. The molecule has 3 heteroatoms. The molecule has 2 aromatic rings. The molecule has 2 rings (SSSR count). The summed E-state index contributed by atoms with van der Waals surface area (Å²) >= 11 is 0. The molecule has 0 saturated heterocycles. The molecular formula is C14H18N2O. The van der Waals surface area contributed by atoms with Crippen molar-refractivity contribution < 1.29 is 4.42 Å². The van der Waals surface area contributed by atoms with Crippen molar-refractivity contribution in [1.29, 1.82) is 0 Å². The van der Waals surface area contributed by atoms with Gasteiger partial charge in [0.05, 0.1) is 12.0 Å². The van der Waals surface area contributed by atoms with Crippen LogP contribution >= 0.6 is 0 Å². The number of aromatic nitrogens is 1. The summed E-state index contributed by atoms with van der Waals surface area (Å²) in [5.41, 5.74) is 2.34. The fraction of sp³-hybridized carbons (Fsp3) is 0.357. The van der Waals surface area contributed by atoms with Gasteiger partial charge in [-0.3, -0.25) is 4.98 Å². The highest BCUT2D eigenvalue weighted by Crippen LogP contribution is 2.06. The van der Waals surface area contributed by atoms with E-state index in [2.05, 4.69) is 30.2 Å². The summed E-state index contributed by atoms with van der Waals surface area (Å²) in [7, 11) is 0. The number of hydrogen-bond acceptors (Lipinski definition) is 3. The number of furan rings is 1. The third-order valence-corrected chi connectivity index (χ3v) is 2.82. The third-order valence-electron chi connectivity index (χ3n) is 2.82. The molecular weight excluding hydrogens is 212 g/mol. The second-order valence-electron chi connectivity index (χ2n) is 4.33. The topological polar surface area (TPSA) is 38.1 Å². The minimum absolute atomic E-state index is 0.377. The molecule has 1 unspecified atom stereocenters. The second-order valence-corrected chi connectivity index (χ2v) is 4.33. The summed E-state index contributed by atoms with van der Waals surface area (Å²) in [5.74, 6) is 1.02. The molecule has 1 N–H and O–H groups in total. The lowest BCUT2D eigenvalue weighted by Gasteiger charge is -2.13. The van der Waals surface area contributed by atoms with Crippen molar-refractivity contribution in [3.05, 3.63) is 53.7 Å². The van der Waals surface area contributed by atoms with E-state index in [1.165, 1.54) is 5.56 Å². The molecule has 0 amide bonds. The molecule has 2 heterocycles. The van der Waals surface area contributed by atoms with Gasteiger partial charge in [0.2, 0.25) is 0 Å². The largest absolute Gasteiger partial charge is 0.469 e. The van der Waals surface area contributed by atoms with Crippen LogP contribution in [0.25, 0.3) is 0 Å². The average molecular weight is 230 g/mol. The van der Waals surface area contributed by atoms with Crippen molar-refractivity contribution in [3.8, 4) is 0 Å². The van der Waals surface area contributed by atoms with Gasteiger partial charge in [-0.15, -0.1) is 0 Å². The van der Waals surface area contributed by atoms with Gasteiger partial charge >= 0.3 is 0 Å². The van der Waals surface area contributed by atoms with Crippen molar-refractivity contribution >= 4 is 0 Å². The molecule has 90 valence electrons. The fourth-order valence-electron chi connectivity index (χ4n) is 1.78. The van der Waals surface area contributed by atoms with Crippen molar-refractivity contribution in [3.63, 3.8) is 0 Å². The summed E-state index contributed by atoms with van der Waals surface area (Å²) in [5, 5.41) is 3.46. The Bertz CT molecular complexity index is 451. The molecule has 0 aliphatic heterocycles. The molecule has 0 bridgehead atoms. The maximum Gasteiger partial charge on any atom is 0.105 e. The maximum absolute atomic E-state index is 5.32. The standard InChI is InChI=1S/C14H18N2O/c1-11-5-3-7-15-14(11)10-16-12(2)9-13-6-4-8-17-13/h3-8,12,16H,9-10H2,1-2H3. The van der Waals surface area contributed by atoms with Gasteiger partial charge in [-0.1, -0.05) is 6.07 Å². The summed E-state index contributed by atoms with van der Waals surface area (Å²) in [6.07, 6.45) is 4.45. The van der Waals surface area contributed by atoms with E-state index in [-0.39, 0.29) is 0 Å². The van der Waals surface area contributed by atoms with Crippen LogP contribution in [0.5, 0.6) is 0 Å². The molecule has 0 aliphatic carbocycles. The Hall–Kier alpha value is -1.61. The zero-order chi connectivity index (χ0) is 12.1. The van der Waals surface area contributed by atoms with Crippen LogP contribution in [0, 0.1) is 6.92 Å². The highest BCUT2D eigenvalue weighted by molar-refractivity contribution is 5.17. The molecule has 0 saturated carbocycles. The van der Waals surface area contributed by atoms with Gasteiger partial charge in [0.15, 0.2) is 0 Å². The molecule has 0 aromatic carbocycles. The van der Waals surface area contributed by atoms with Crippen molar-refractivity contribution in [2.75, 3.05) is 0 Å². The number of nitrogens with one attached hydrogen (secondary N) is 1. The Labute approximate surface area is 102 Å². The lowest BCUT2D eigenvalue weighted by Crippen LogP contribution is -2.28. The molecule has 0 fully saturated rings. The van der Waals surface area contributed by atoms with Crippen LogP contribution < -0.4 is 5.32 Å². The highest BCUT2D eigenvalue weighted by Gasteiger charge is 2.06. The summed E-state index contributed by atoms with van der Waals surface area (Å²) < 4.78 is 5.32. The second kappa shape index (κ2) is 5.64. The van der Waals surface area contributed by atoms with Crippen LogP contribution in [0.3, 0.4) is 0 Å². The Balaban J connectivity index is 1.84. The van der Waals surface area contributed by atoms with E-state index in [0.29, 0.717) is 6.04 Å². The zero-order valence-electron chi connectivity index (χ0n) is 10.3. The smallest absolute Gasteiger partial charge is 0.105 e. The summed E-state index contributed by atoms with van der Waals surface area (Å²) in [4.78, 5) is 4.36. The SMILES string of the molecule is Cc1cccnc1CNC(C)Cc1ccco1. The predicted molar refractivity (Wildman–Crippen MR) is 67.7 cm³/mol. The van der Waals surface area contributed by atoms with Crippen molar-refractivity contribution in [1.82, 2.24) is 10.3 Å². The van der Waals surface area contributed by atoms with Crippen LogP contribution in [0.15, 0.2) is 41.1 Å². The fourth-order valence-corrected chi connectivity index (χ4v) is 1.78. The molecule has 17 heavy (non-hydrogen) atoms. The number of rotatable bonds is 5. The normalized spacial score (nSPS) is 12.6. The van der Waals surface area contributed by atoms with E-state index >= 15 is 0 Å². The van der Waals surface area contributed by atoms with Gasteiger partial charge < -0.3 is 9.73 Å². The third kappa shape index (κ3) is 3.43. The van der Waals surface area contributed by atoms with E-state index in [1.54, 1.807) is 6.26 Å². The monoisotopic (exact) mass is 230 g/mol. The van der Waals surface area contributed by atoms with Gasteiger partial charge in [0.1, 0.15) is 5.76 Å². The Morgan fingerprint density at radius 3 is 2.94 bits per heavy atom. The highest BCUT2D eigenvalue weighted by atomic mass is 16.3. The molecule has 3 nitrogen and oxygen atoms in total. The van der Waals surface area contributed by atoms with Gasteiger partial charge in [-0.2, -0.15) is 0 Å². The number of hydrogen-bond donors (Lipinski definition) is 1. The zero-order valence-corrected chi connectivity index (χ0v) is 10.3. The number of aryl methyl sites for hydroxylation is 1. The van der Waals surface area contributed by atoms with E-state index in [0.717, 1.165) is 24.4 Å². The van der Waals surface area contributed by atoms with Crippen LogP contribution in [-0.2, 0) is 13.0 Å². The first-order valence-corrected chi connectivity index (χ1v) is 5.92.